The van der Waals surface area contributed by atoms with Crippen LogP contribution in [-0.2, 0) is 14.4 Å². The molecule has 1 spiro atoms. The van der Waals surface area contributed by atoms with E-state index in [4.69, 9.17) is 16.7 Å². The number of unbranched alkanes of at least 4 members (excludes halogenated alkanes) is 3. The number of amides is 3. The number of aryl methyl sites for hydroxylation is 1. The van der Waals surface area contributed by atoms with Crippen LogP contribution in [0.1, 0.15) is 37.7 Å². The highest BCUT2D eigenvalue weighted by atomic mass is 79.9. The maximum atomic E-state index is 14.1. The quantitative estimate of drug-likeness (QED) is 0.245. The molecule has 2 bridgehead atoms. The lowest BCUT2D eigenvalue weighted by atomic mass is 9.70. The van der Waals surface area contributed by atoms with E-state index in [1.54, 1.807) is 22.7 Å². The highest BCUT2D eigenvalue weighted by Crippen LogP contribution is 2.67. The van der Waals surface area contributed by atoms with E-state index in [2.05, 4.69) is 26.6 Å². The second kappa shape index (κ2) is 11.8. The lowest BCUT2D eigenvalue weighted by Gasteiger charge is -2.35. The number of aliphatic hydroxyl groups is 1. The highest BCUT2D eigenvalue weighted by Gasteiger charge is 2.75. The van der Waals surface area contributed by atoms with Crippen molar-refractivity contribution >= 4 is 68.4 Å². The summed E-state index contributed by atoms with van der Waals surface area (Å²) >= 11 is 11.9. The second-order valence-corrected chi connectivity index (χ2v) is 13.7. The molecule has 39 heavy (non-hydrogen) atoms. The molecule has 0 radical (unpaired) electrons. The molecule has 2 aromatic carbocycles. The Morgan fingerprint density at radius 3 is 2.54 bits per heavy atom. The van der Waals surface area contributed by atoms with E-state index < -0.39 is 22.6 Å². The van der Waals surface area contributed by atoms with Crippen LogP contribution in [0.5, 0.6) is 0 Å². The zero-order valence-corrected chi connectivity index (χ0v) is 24.9. The van der Waals surface area contributed by atoms with Gasteiger partial charge in [-0.15, -0.1) is 11.8 Å². The van der Waals surface area contributed by atoms with Gasteiger partial charge in [0.1, 0.15) is 6.04 Å². The molecule has 3 unspecified atom stereocenters. The number of hydrogen-bond acceptors (Lipinski definition) is 5. The SMILES string of the molecule is Cc1cccc(Cl)c1NC(=O)C1N(CCCCCCO)C(=O)[C@@H]2[C@@H](C(=O)Nc3ccccc3)[C@@H]3SC12CC3Br. The summed E-state index contributed by atoms with van der Waals surface area (Å²) in [5, 5.41) is 15.5. The highest BCUT2D eigenvalue weighted by molar-refractivity contribution is 9.09. The molecule has 7 nitrogen and oxygen atoms in total. The number of carbonyl (C=O) groups excluding carboxylic acids is 3. The fraction of sp³-hybridized carbons (Fsp3) is 0.483. The summed E-state index contributed by atoms with van der Waals surface area (Å²) < 4.78 is -0.723. The molecule has 3 aliphatic rings. The molecule has 3 saturated heterocycles. The Morgan fingerprint density at radius 1 is 1.08 bits per heavy atom. The maximum absolute atomic E-state index is 14.1. The first kappa shape index (κ1) is 28.5. The van der Waals surface area contributed by atoms with Crippen LogP contribution in [0.2, 0.25) is 5.02 Å². The number of hydrogen-bond donors (Lipinski definition) is 3. The summed E-state index contributed by atoms with van der Waals surface area (Å²) in [4.78, 5) is 43.6. The number of alkyl halides is 1. The van der Waals surface area contributed by atoms with Crippen molar-refractivity contribution in [3.8, 4) is 0 Å². The number of fused-ring (bicyclic) bond motifs is 1. The predicted molar refractivity (Wildman–Crippen MR) is 159 cm³/mol. The van der Waals surface area contributed by atoms with Gasteiger partial charge < -0.3 is 20.6 Å². The van der Waals surface area contributed by atoms with E-state index in [0.29, 0.717) is 35.8 Å². The van der Waals surface area contributed by atoms with Gasteiger partial charge in [0.05, 0.1) is 27.3 Å². The van der Waals surface area contributed by atoms with E-state index in [1.165, 1.54) is 0 Å². The van der Waals surface area contributed by atoms with Gasteiger partial charge >= 0.3 is 0 Å². The smallest absolute Gasteiger partial charge is 0.248 e. The normalized spacial score (nSPS) is 29.0. The van der Waals surface area contributed by atoms with Crippen molar-refractivity contribution in [2.45, 2.75) is 59.9 Å². The van der Waals surface area contributed by atoms with Crippen LogP contribution in [0.15, 0.2) is 48.5 Å². The summed E-state index contributed by atoms with van der Waals surface area (Å²) in [6.45, 7) is 2.45. The summed E-state index contributed by atoms with van der Waals surface area (Å²) in [6.07, 6.45) is 3.74. The molecule has 3 heterocycles. The van der Waals surface area contributed by atoms with E-state index in [1.807, 2.05) is 49.4 Å². The molecule has 10 heteroatoms. The zero-order chi connectivity index (χ0) is 27.7. The second-order valence-electron chi connectivity index (χ2n) is 10.6. The summed E-state index contributed by atoms with van der Waals surface area (Å²) in [6, 6.07) is 14.0. The Bertz CT molecular complexity index is 1230. The third-order valence-corrected chi connectivity index (χ3v) is 11.7. The van der Waals surface area contributed by atoms with E-state index in [0.717, 1.165) is 24.8 Å². The minimum absolute atomic E-state index is 0.0000677. The number of likely N-dealkylation sites (tertiary alicyclic amines) is 1. The molecule has 6 atom stereocenters. The molecule has 3 aliphatic heterocycles. The first-order valence-electron chi connectivity index (χ1n) is 13.4. The van der Waals surface area contributed by atoms with Gasteiger partial charge in [0.15, 0.2) is 0 Å². The number of anilines is 2. The van der Waals surface area contributed by atoms with Gasteiger partial charge in [-0.05, 0) is 49.9 Å². The number of rotatable bonds is 10. The van der Waals surface area contributed by atoms with Gasteiger partial charge in [-0.2, -0.15) is 0 Å². The van der Waals surface area contributed by atoms with Crippen molar-refractivity contribution in [3.05, 3.63) is 59.1 Å². The van der Waals surface area contributed by atoms with Crippen molar-refractivity contribution in [1.82, 2.24) is 4.90 Å². The monoisotopic (exact) mass is 633 g/mol. The van der Waals surface area contributed by atoms with Crippen LogP contribution >= 0.6 is 39.3 Å². The van der Waals surface area contributed by atoms with Gasteiger partial charge in [-0.3, -0.25) is 14.4 Å². The molecule has 2 aromatic rings. The molecule has 0 aliphatic carbocycles. The minimum Gasteiger partial charge on any atom is -0.396 e. The predicted octanol–water partition coefficient (Wildman–Crippen LogP) is 5.24. The topological polar surface area (TPSA) is 98.7 Å². The standard InChI is InChI=1S/C29H33BrClN3O4S/c1-17-10-9-13-20(31)23(17)33-27(37)25-29-16-19(30)24(39-29)21(26(36)32-18-11-5-4-6-12-18)22(29)28(38)34(25)14-7-2-3-8-15-35/h4-6,9-13,19,21-22,24-25,35H,2-3,7-8,14-16H2,1H3,(H,32,36)(H,33,37)/t19?,21-,22+,24-,25?,29?/m1/s1. The number of benzene rings is 2. The minimum atomic E-state index is -0.729. The van der Waals surface area contributed by atoms with Crippen LogP contribution in [0.3, 0.4) is 0 Å². The molecule has 208 valence electrons. The van der Waals surface area contributed by atoms with Crippen LogP contribution < -0.4 is 10.6 Å². The van der Waals surface area contributed by atoms with Gasteiger partial charge in [0, 0.05) is 28.9 Å². The van der Waals surface area contributed by atoms with Crippen molar-refractivity contribution in [2.75, 3.05) is 23.8 Å². The maximum Gasteiger partial charge on any atom is 0.248 e. The number of para-hydroxylation sites is 2. The Kier molecular flexibility index (Phi) is 8.62. The number of aliphatic hydroxyl groups excluding tert-OH is 1. The Hall–Kier alpha value is -2.07. The van der Waals surface area contributed by atoms with Gasteiger partial charge in [0.2, 0.25) is 17.7 Å². The number of nitrogens with one attached hydrogen (secondary N) is 2. The van der Waals surface area contributed by atoms with Gasteiger partial charge in [-0.25, -0.2) is 0 Å². The van der Waals surface area contributed by atoms with Crippen LogP contribution in [-0.4, -0.2) is 61.7 Å². The third kappa shape index (κ3) is 5.23. The molecular weight excluding hydrogens is 602 g/mol. The van der Waals surface area contributed by atoms with Crippen molar-refractivity contribution in [1.29, 1.82) is 0 Å². The number of halogens is 2. The van der Waals surface area contributed by atoms with Crippen molar-refractivity contribution < 1.29 is 19.5 Å². The van der Waals surface area contributed by atoms with E-state index >= 15 is 0 Å². The first-order valence-corrected chi connectivity index (χ1v) is 15.6. The lowest BCUT2D eigenvalue weighted by Crippen LogP contribution is -2.52. The van der Waals surface area contributed by atoms with Crippen molar-refractivity contribution in [2.24, 2.45) is 11.8 Å². The van der Waals surface area contributed by atoms with E-state index in [-0.39, 0.29) is 34.4 Å². The molecular formula is C29H33BrClN3O4S. The van der Waals surface area contributed by atoms with E-state index in [9.17, 15) is 14.4 Å². The fourth-order valence-electron chi connectivity index (χ4n) is 6.45. The lowest BCUT2D eigenvalue weighted by molar-refractivity contribution is -0.138. The third-order valence-electron chi connectivity index (χ3n) is 8.16. The number of carbonyl (C=O) groups is 3. The zero-order valence-electron chi connectivity index (χ0n) is 21.7. The average molecular weight is 635 g/mol. The summed E-state index contributed by atoms with van der Waals surface area (Å²) in [5.41, 5.74) is 2.07. The Labute approximate surface area is 246 Å². The first-order chi connectivity index (χ1) is 18.8. The van der Waals surface area contributed by atoms with Crippen LogP contribution in [0.25, 0.3) is 0 Å². The largest absolute Gasteiger partial charge is 0.396 e. The molecule has 0 aromatic heterocycles. The molecule has 3 N–H and O–H groups in total. The molecule has 0 saturated carbocycles. The van der Waals surface area contributed by atoms with Gasteiger partial charge in [-0.1, -0.05) is 70.7 Å². The number of nitrogens with zero attached hydrogens (tertiary/aromatic N) is 1. The Balaban J connectivity index is 1.47. The number of thioether (sulfide) groups is 1. The molecule has 5 rings (SSSR count). The van der Waals surface area contributed by atoms with Crippen LogP contribution in [0, 0.1) is 18.8 Å². The van der Waals surface area contributed by atoms with Gasteiger partial charge in [0.25, 0.3) is 0 Å². The summed E-state index contributed by atoms with van der Waals surface area (Å²) in [7, 11) is 0. The molecule has 3 fully saturated rings. The molecule has 3 amide bonds. The van der Waals surface area contributed by atoms with Crippen molar-refractivity contribution in [3.63, 3.8) is 0 Å². The fourth-order valence-corrected chi connectivity index (χ4v) is 10.3. The van der Waals surface area contributed by atoms with Crippen LogP contribution in [0.4, 0.5) is 11.4 Å². The average Bonchev–Trinajstić information content (AvgIpc) is 3.50. The summed E-state index contributed by atoms with van der Waals surface area (Å²) in [5.74, 6) is -1.73. The Morgan fingerprint density at radius 2 is 1.82 bits per heavy atom.